The standard InChI is InChI=1S/C17H23N3O2/c18-17(10-2-1-3-11-17)16(22)20-14-6-4-12(5-7-14)15(21)19-13-8-9-13/h4-7,13H,1-3,8-11,18H2,(H,19,21)(H,20,22). The molecule has 5 heteroatoms. The fourth-order valence-electron chi connectivity index (χ4n) is 2.87. The highest BCUT2D eigenvalue weighted by Gasteiger charge is 2.35. The summed E-state index contributed by atoms with van der Waals surface area (Å²) in [4.78, 5) is 24.3. The summed E-state index contributed by atoms with van der Waals surface area (Å²) in [5.41, 5.74) is 6.76. The van der Waals surface area contributed by atoms with Gasteiger partial charge >= 0.3 is 0 Å². The lowest BCUT2D eigenvalue weighted by Gasteiger charge is -2.31. The number of nitrogens with one attached hydrogen (secondary N) is 2. The van der Waals surface area contributed by atoms with Gasteiger partial charge in [-0.1, -0.05) is 19.3 Å². The summed E-state index contributed by atoms with van der Waals surface area (Å²) in [7, 11) is 0. The Balaban J connectivity index is 1.60. The first-order chi connectivity index (χ1) is 10.6. The fourth-order valence-corrected chi connectivity index (χ4v) is 2.87. The van der Waals surface area contributed by atoms with E-state index in [-0.39, 0.29) is 11.8 Å². The van der Waals surface area contributed by atoms with E-state index in [0.717, 1.165) is 44.9 Å². The predicted octanol–water partition coefficient (Wildman–Crippen LogP) is 2.18. The van der Waals surface area contributed by atoms with E-state index in [1.165, 1.54) is 0 Å². The second-order valence-electron chi connectivity index (χ2n) is 6.50. The number of hydrogen-bond acceptors (Lipinski definition) is 3. The van der Waals surface area contributed by atoms with Gasteiger partial charge < -0.3 is 16.4 Å². The lowest BCUT2D eigenvalue weighted by molar-refractivity contribution is -0.122. The lowest BCUT2D eigenvalue weighted by Crippen LogP contribution is -2.52. The van der Waals surface area contributed by atoms with Crippen molar-refractivity contribution in [3.63, 3.8) is 0 Å². The van der Waals surface area contributed by atoms with E-state index in [9.17, 15) is 9.59 Å². The van der Waals surface area contributed by atoms with Crippen molar-refractivity contribution in [1.29, 1.82) is 0 Å². The molecular weight excluding hydrogens is 278 g/mol. The van der Waals surface area contributed by atoms with E-state index in [1.54, 1.807) is 24.3 Å². The molecule has 0 bridgehead atoms. The molecule has 0 saturated heterocycles. The van der Waals surface area contributed by atoms with Crippen molar-refractivity contribution in [1.82, 2.24) is 5.32 Å². The molecule has 0 unspecified atom stereocenters. The van der Waals surface area contributed by atoms with Crippen LogP contribution < -0.4 is 16.4 Å². The zero-order chi connectivity index (χ0) is 15.6. The van der Waals surface area contributed by atoms with E-state index in [1.807, 2.05) is 0 Å². The number of carbonyl (C=O) groups is 2. The van der Waals surface area contributed by atoms with Crippen molar-refractivity contribution in [3.05, 3.63) is 29.8 Å². The molecule has 1 aromatic carbocycles. The Kier molecular flexibility index (Phi) is 4.16. The van der Waals surface area contributed by atoms with Crippen molar-refractivity contribution >= 4 is 17.5 Å². The molecule has 0 spiro atoms. The van der Waals surface area contributed by atoms with E-state index in [2.05, 4.69) is 10.6 Å². The molecule has 4 N–H and O–H groups in total. The zero-order valence-corrected chi connectivity index (χ0v) is 12.7. The Morgan fingerprint density at radius 1 is 1.05 bits per heavy atom. The van der Waals surface area contributed by atoms with E-state index in [0.29, 0.717) is 17.3 Å². The molecule has 2 fully saturated rings. The van der Waals surface area contributed by atoms with Gasteiger partial charge in [0.2, 0.25) is 5.91 Å². The normalized spacial score (nSPS) is 20.2. The summed E-state index contributed by atoms with van der Waals surface area (Å²) in [5, 5.41) is 5.82. The monoisotopic (exact) mass is 301 g/mol. The Bertz CT molecular complexity index is 558. The molecule has 2 amide bonds. The summed E-state index contributed by atoms with van der Waals surface area (Å²) in [5.74, 6) is -0.176. The number of nitrogens with two attached hydrogens (primary N) is 1. The van der Waals surface area contributed by atoms with Crippen molar-refractivity contribution in [2.24, 2.45) is 5.73 Å². The molecule has 0 atom stereocenters. The molecule has 5 nitrogen and oxygen atoms in total. The van der Waals surface area contributed by atoms with E-state index < -0.39 is 5.54 Å². The minimum absolute atomic E-state index is 0.0528. The maximum Gasteiger partial charge on any atom is 0.251 e. The second kappa shape index (κ2) is 6.08. The number of rotatable bonds is 4. The summed E-state index contributed by atoms with van der Waals surface area (Å²) in [6.45, 7) is 0. The second-order valence-corrected chi connectivity index (χ2v) is 6.50. The first-order valence-electron chi connectivity index (χ1n) is 8.08. The Morgan fingerprint density at radius 2 is 1.68 bits per heavy atom. The van der Waals surface area contributed by atoms with Crippen LogP contribution in [0.5, 0.6) is 0 Å². The van der Waals surface area contributed by atoms with Crippen molar-refractivity contribution in [3.8, 4) is 0 Å². The predicted molar refractivity (Wildman–Crippen MR) is 85.6 cm³/mol. The molecule has 0 aromatic heterocycles. The highest BCUT2D eigenvalue weighted by molar-refractivity contribution is 5.99. The Morgan fingerprint density at radius 3 is 2.27 bits per heavy atom. The van der Waals surface area contributed by atoms with Crippen LogP contribution >= 0.6 is 0 Å². The Hall–Kier alpha value is -1.88. The van der Waals surface area contributed by atoms with Gasteiger partial charge in [-0.15, -0.1) is 0 Å². The molecular formula is C17H23N3O2. The highest BCUT2D eigenvalue weighted by Crippen LogP contribution is 2.27. The number of amides is 2. The number of hydrogen-bond donors (Lipinski definition) is 3. The van der Waals surface area contributed by atoms with Crippen LogP contribution in [0.1, 0.15) is 55.3 Å². The molecule has 2 aliphatic rings. The van der Waals surface area contributed by atoms with Gasteiger partial charge in [0.15, 0.2) is 0 Å². The third-order valence-corrected chi connectivity index (χ3v) is 4.52. The fraction of sp³-hybridized carbons (Fsp3) is 0.529. The van der Waals surface area contributed by atoms with E-state index >= 15 is 0 Å². The number of carbonyl (C=O) groups excluding carboxylic acids is 2. The average molecular weight is 301 g/mol. The van der Waals surface area contributed by atoms with Crippen LogP contribution in [0.25, 0.3) is 0 Å². The first-order valence-corrected chi connectivity index (χ1v) is 8.08. The SMILES string of the molecule is NC1(C(=O)Nc2ccc(C(=O)NC3CC3)cc2)CCCCC1. The molecule has 0 radical (unpaired) electrons. The third-order valence-electron chi connectivity index (χ3n) is 4.52. The summed E-state index contributed by atoms with van der Waals surface area (Å²) in [6.07, 6.45) is 6.77. The molecule has 118 valence electrons. The van der Waals surface area contributed by atoms with Crippen LogP contribution in [0.2, 0.25) is 0 Å². The number of anilines is 1. The Labute approximate surface area is 130 Å². The van der Waals surface area contributed by atoms with Crippen LogP contribution in [-0.4, -0.2) is 23.4 Å². The summed E-state index contributed by atoms with van der Waals surface area (Å²) >= 11 is 0. The van der Waals surface area contributed by atoms with Gasteiger partial charge in [-0.25, -0.2) is 0 Å². The summed E-state index contributed by atoms with van der Waals surface area (Å²) in [6, 6.07) is 7.32. The topological polar surface area (TPSA) is 84.2 Å². The molecule has 22 heavy (non-hydrogen) atoms. The smallest absolute Gasteiger partial charge is 0.251 e. The molecule has 2 aliphatic carbocycles. The molecule has 2 saturated carbocycles. The van der Waals surface area contributed by atoms with Crippen LogP contribution in [0.4, 0.5) is 5.69 Å². The van der Waals surface area contributed by atoms with Crippen molar-refractivity contribution in [2.45, 2.75) is 56.5 Å². The minimum atomic E-state index is -0.750. The van der Waals surface area contributed by atoms with Crippen LogP contribution in [0, 0.1) is 0 Å². The quantitative estimate of drug-likeness (QED) is 0.797. The number of benzene rings is 1. The van der Waals surface area contributed by atoms with Crippen LogP contribution in [-0.2, 0) is 4.79 Å². The van der Waals surface area contributed by atoms with Gasteiger partial charge in [-0.2, -0.15) is 0 Å². The van der Waals surface area contributed by atoms with Crippen LogP contribution in [0.15, 0.2) is 24.3 Å². The third kappa shape index (κ3) is 3.47. The average Bonchev–Trinajstić information content (AvgIpc) is 3.32. The van der Waals surface area contributed by atoms with Gasteiger partial charge in [0.25, 0.3) is 5.91 Å². The van der Waals surface area contributed by atoms with Crippen molar-refractivity contribution in [2.75, 3.05) is 5.32 Å². The maximum absolute atomic E-state index is 12.3. The van der Waals surface area contributed by atoms with E-state index in [4.69, 9.17) is 5.73 Å². The maximum atomic E-state index is 12.3. The zero-order valence-electron chi connectivity index (χ0n) is 12.7. The molecule has 0 aliphatic heterocycles. The van der Waals surface area contributed by atoms with Crippen molar-refractivity contribution < 1.29 is 9.59 Å². The van der Waals surface area contributed by atoms with Gasteiger partial charge in [0, 0.05) is 17.3 Å². The highest BCUT2D eigenvalue weighted by atomic mass is 16.2. The molecule has 1 aromatic rings. The van der Waals surface area contributed by atoms with Gasteiger partial charge in [0.05, 0.1) is 5.54 Å². The first kappa shape index (κ1) is 15.0. The summed E-state index contributed by atoms with van der Waals surface area (Å²) < 4.78 is 0. The minimum Gasteiger partial charge on any atom is -0.349 e. The van der Waals surface area contributed by atoms with Gasteiger partial charge in [-0.05, 0) is 49.9 Å². The van der Waals surface area contributed by atoms with Gasteiger partial charge in [0.1, 0.15) is 0 Å². The largest absolute Gasteiger partial charge is 0.349 e. The molecule has 3 rings (SSSR count). The molecule has 0 heterocycles. The lowest BCUT2D eigenvalue weighted by atomic mass is 9.82. The van der Waals surface area contributed by atoms with Crippen LogP contribution in [0.3, 0.4) is 0 Å². The van der Waals surface area contributed by atoms with Gasteiger partial charge in [-0.3, -0.25) is 9.59 Å².